The van der Waals surface area contributed by atoms with Crippen molar-refractivity contribution in [2.45, 2.75) is 38.7 Å². The molecular weight excluding hydrogens is 416 g/mol. The number of methoxy groups -OCH3 is 1. The SMILES string of the molecule is C=C(C)CCC1=C(OC)C=CC(C(=O)O)C1(O)CC(=O)c1cccc(-c2ccc(C)cc2)c1. The molecule has 3 rings (SSSR count). The van der Waals surface area contributed by atoms with Gasteiger partial charge in [0.05, 0.1) is 7.11 Å². The van der Waals surface area contributed by atoms with E-state index in [0.717, 1.165) is 22.3 Å². The number of rotatable bonds is 9. The molecule has 0 aromatic heterocycles. The lowest BCUT2D eigenvalue weighted by Gasteiger charge is -2.37. The van der Waals surface area contributed by atoms with Gasteiger partial charge in [-0.05, 0) is 50.0 Å². The summed E-state index contributed by atoms with van der Waals surface area (Å²) in [5, 5.41) is 21.5. The van der Waals surface area contributed by atoms with Crippen LogP contribution < -0.4 is 0 Å². The van der Waals surface area contributed by atoms with E-state index in [9.17, 15) is 19.8 Å². The van der Waals surface area contributed by atoms with Gasteiger partial charge in [0.15, 0.2) is 5.78 Å². The Morgan fingerprint density at radius 3 is 2.42 bits per heavy atom. The number of hydrogen-bond acceptors (Lipinski definition) is 4. The van der Waals surface area contributed by atoms with Crippen molar-refractivity contribution in [2.75, 3.05) is 7.11 Å². The first kappa shape index (κ1) is 24.2. The zero-order chi connectivity index (χ0) is 24.2. The summed E-state index contributed by atoms with van der Waals surface area (Å²) in [6, 6.07) is 15.2. The summed E-state index contributed by atoms with van der Waals surface area (Å²) in [4.78, 5) is 25.4. The molecule has 0 fully saturated rings. The average Bonchev–Trinajstić information content (AvgIpc) is 2.78. The van der Waals surface area contributed by atoms with Crippen LogP contribution in [-0.2, 0) is 9.53 Å². The predicted octanol–water partition coefficient (Wildman–Crippen LogP) is 5.49. The normalized spacial score (nSPS) is 19.9. The first-order valence-corrected chi connectivity index (χ1v) is 10.9. The number of benzene rings is 2. The fraction of sp³-hybridized carbons (Fsp3) is 0.286. The van der Waals surface area contributed by atoms with Crippen molar-refractivity contribution in [3.63, 3.8) is 0 Å². The number of aliphatic carboxylic acids is 1. The Hall–Kier alpha value is -3.44. The van der Waals surface area contributed by atoms with Gasteiger partial charge in [-0.15, -0.1) is 6.58 Å². The van der Waals surface area contributed by atoms with Gasteiger partial charge in [0, 0.05) is 17.6 Å². The molecule has 0 heterocycles. The molecule has 0 amide bonds. The van der Waals surface area contributed by atoms with E-state index in [1.54, 1.807) is 24.3 Å². The fourth-order valence-corrected chi connectivity index (χ4v) is 4.18. The van der Waals surface area contributed by atoms with Gasteiger partial charge in [0.25, 0.3) is 0 Å². The van der Waals surface area contributed by atoms with E-state index in [4.69, 9.17) is 4.74 Å². The van der Waals surface area contributed by atoms with Crippen LogP contribution in [0.1, 0.15) is 42.1 Å². The smallest absolute Gasteiger partial charge is 0.313 e. The summed E-state index contributed by atoms with van der Waals surface area (Å²) in [7, 11) is 1.47. The van der Waals surface area contributed by atoms with Crippen molar-refractivity contribution in [1.82, 2.24) is 0 Å². The van der Waals surface area contributed by atoms with Gasteiger partial charge in [0.2, 0.25) is 0 Å². The summed E-state index contributed by atoms with van der Waals surface area (Å²) >= 11 is 0. The summed E-state index contributed by atoms with van der Waals surface area (Å²) in [6.45, 7) is 7.77. The number of allylic oxidation sites excluding steroid dienone is 2. The van der Waals surface area contributed by atoms with Gasteiger partial charge in [-0.2, -0.15) is 0 Å². The Kier molecular flexibility index (Phi) is 7.34. The third kappa shape index (κ3) is 5.32. The maximum absolute atomic E-state index is 13.3. The van der Waals surface area contributed by atoms with Gasteiger partial charge < -0.3 is 14.9 Å². The van der Waals surface area contributed by atoms with Gasteiger partial charge in [0.1, 0.15) is 17.3 Å². The monoisotopic (exact) mass is 446 g/mol. The Labute approximate surface area is 194 Å². The molecule has 1 aliphatic carbocycles. The summed E-state index contributed by atoms with van der Waals surface area (Å²) in [5.74, 6) is -2.41. The molecule has 1 aliphatic rings. The first-order chi connectivity index (χ1) is 15.7. The molecule has 2 aromatic carbocycles. The Bertz CT molecular complexity index is 1120. The van der Waals surface area contributed by atoms with E-state index in [-0.39, 0.29) is 12.2 Å². The topological polar surface area (TPSA) is 83.8 Å². The number of hydrogen-bond donors (Lipinski definition) is 2. The summed E-state index contributed by atoms with van der Waals surface area (Å²) in [5.41, 5.74) is 2.80. The Morgan fingerprint density at radius 1 is 1.12 bits per heavy atom. The highest BCUT2D eigenvalue weighted by atomic mass is 16.5. The molecule has 0 saturated carbocycles. The summed E-state index contributed by atoms with van der Waals surface area (Å²) in [6.07, 6.45) is 3.47. The maximum Gasteiger partial charge on any atom is 0.313 e. The molecule has 0 bridgehead atoms. The molecule has 5 nitrogen and oxygen atoms in total. The van der Waals surface area contributed by atoms with Crippen molar-refractivity contribution in [3.8, 4) is 11.1 Å². The summed E-state index contributed by atoms with van der Waals surface area (Å²) < 4.78 is 5.43. The minimum atomic E-state index is -1.90. The number of aliphatic hydroxyl groups is 1. The molecule has 0 saturated heterocycles. The molecule has 33 heavy (non-hydrogen) atoms. The second-order valence-corrected chi connectivity index (χ2v) is 8.65. The zero-order valence-corrected chi connectivity index (χ0v) is 19.3. The quantitative estimate of drug-likeness (QED) is 0.393. The van der Waals surface area contributed by atoms with Crippen LogP contribution in [0.15, 0.2) is 84.2 Å². The highest BCUT2D eigenvalue weighted by molar-refractivity contribution is 5.98. The van der Waals surface area contributed by atoms with Crippen LogP contribution in [0.5, 0.6) is 0 Å². The van der Waals surface area contributed by atoms with Crippen LogP contribution in [0.2, 0.25) is 0 Å². The van der Waals surface area contributed by atoms with E-state index >= 15 is 0 Å². The Morgan fingerprint density at radius 2 is 1.82 bits per heavy atom. The van der Waals surface area contributed by atoms with Crippen LogP contribution in [0.3, 0.4) is 0 Å². The van der Waals surface area contributed by atoms with Crippen molar-refractivity contribution >= 4 is 11.8 Å². The molecule has 2 unspecified atom stereocenters. The number of ether oxygens (including phenoxy) is 1. The minimum Gasteiger partial charge on any atom is -0.497 e. The number of carbonyl (C=O) groups is 2. The highest BCUT2D eigenvalue weighted by Crippen LogP contribution is 2.41. The lowest BCUT2D eigenvalue weighted by molar-refractivity contribution is -0.146. The largest absolute Gasteiger partial charge is 0.497 e. The fourth-order valence-electron chi connectivity index (χ4n) is 4.18. The molecule has 0 aliphatic heterocycles. The standard InChI is InChI=1S/C28H30O5/c1-18(2)8-13-23-26(33-4)15-14-24(27(30)31)28(23,32)17-25(29)22-7-5-6-21(16-22)20-11-9-19(3)10-12-20/h5-7,9-12,14-16,24,32H,1,8,13,17H2,2-4H3,(H,30,31). The van der Waals surface area contributed by atoms with Crippen LogP contribution in [0, 0.1) is 12.8 Å². The number of aryl methyl sites for hydroxylation is 1. The van der Waals surface area contributed by atoms with Gasteiger partial charge in [-0.25, -0.2) is 0 Å². The van der Waals surface area contributed by atoms with E-state index < -0.39 is 17.5 Å². The predicted molar refractivity (Wildman–Crippen MR) is 129 cm³/mol. The second kappa shape index (κ2) is 10.0. The van der Waals surface area contributed by atoms with E-state index in [1.807, 2.05) is 44.2 Å². The molecule has 2 atom stereocenters. The van der Waals surface area contributed by atoms with Crippen molar-refractivity contribution in [3.05, 3.63) is 95.3 Å². The maximum atomic E-state index is 13.3. The van der Waals surface area contributed by atoms with Crippen LogP contribution in [0.25, 0.3) is 11.1 Å². The van der Waals surface area contributed by atoms with Crippen molar-refractivity contribution in [1.29, 1.82) is 0 Å². The number of carboxylic acid groups (broad SMARTS) is 1. The number of carbonyl (C=O) groups excluding carboxylic acids is 1. The second-order valence-electron chi connectivity index (χ2n) is 8.65. The number of Topliss-reactive ketones (excluding diaryl/α,β-unsaturated/α-hetero) is 1. The van der Waals surface area contributed by atoms with E-state index in [1.165, 1.54) is 13.2 Å². The lowest BCUT2D eigenvalue weighted by atomic mass is 9.71. The van der Waals surface area contributed by atoms with E-state index in [2.05, 4.69) is 6.58 Å². The van der Waals surface area contributed by atoms with Gasteiger partial charge in [-0.3, -0.25) is 9.59 Å². The van der Waals surface area contributed by atoms with Gasteiger partial charge >= 0.3 is 5.97 Å². The highest BCUT2D eigenvalue weighted by Gasteiger charge is 2.48. The van der Waals surface area contributed by atoms with Crippen LogP contribution in [0.4, 0.5) is 0 Å². The lowest BCUT2D eigenvalue weighted by Crippen LogP contribution is -2.47. The van der Waals surface area contributed by atoms with Crippen molar-refractivity contribution < 1.29 is 24.5 Å². The number of carboxylic acids is 1. The van der Waals surface area contributed by atoms with Crippen LogP contribution >= 0.6 is 0 Å². The first-order valence-electron chi connectivity index (χ1n) is 10.9. The molecular formula is C28H30O5. The third-order valence-electron chi connectivity index (χ3n) is 6.06. The van der Waals surface area contributed by atoms with Crippen LogP contribution in [-0.4, -0.2) is 34.7 Å². The third-order valence-corrected chi connectivity index (χ3v) is 6.06. The minimum absolute atomic E-state index is 0.337. The molecule has 0 radical (unpaired) electrons. The van der Waals surface area contributed by atoms with Gasteiger partial charge in [-0.1, -0.05) is 59.7 Å². The van der Waals surface area contributed by atoms with Crippen molar-refractivity contribution in [2.24, 2.45) is 5.92 Å². The molecule has 5 heteroatoms. The molecule has 2 aromatic rings. The molecule has 172 valence electrons. The molecule has 2 N–H and O–H groups in total. The number of ketones is 1. The zero-order valence-electron chi connectivity index (χ0n) is 19.3. The van der Waals surface area contributed by atoms with E-state index in [0.29, 0.717) is 29.7 Å². The molecule has 0 spiro atoms. The average molecular weight is 447 g/mol. The Balaban J connectivity index is 1.97.